The molecule has 0 atom stereocenters. The first kappa shape index (κ1) is 14.8. The zero-order valence-electron chi connectivity index (χ0n) is 11.3. The molecule has 0 fully saturated rings. The van der Waals surface area contributed by atoms with Crippen LogP contribution in [0.4, 0.5) is 5.69 Å². The minimum Gasteiger partial charge on any atom is -0.497 e. The Kier molecular flexibility index (Phi) is 5.17. The van der Waals surface area contributed by atoms with Crippen LogP contribution in [0.2, 0.25) is 0 Å². The highest BCUT2D eigenvalue weighted by molar-refractivity contribution is 5.95. The molecule has 0 aliphatic heterocycles. The number of rotatable bonds is 5. The molecule has 1 aromatic rings. The Bertz CT molecular complexity index is 474. The van der Waals surface area contributed by atoms with E-state index < -0.39 is 0 Å². The third-order valence-electron chi connectivity index (χ3n) is 2.64. The van der Waals surface area contributed by atoms with Crippen LogP contribution >= 0.6 is 0 Å². The zero-order chi connectivity index (χ0) is 14.4. The molecule has 0 radical (unpaired) electrons. The van der Waals surface area contributed by atoms with Gasteiger partial charge in [-0.3, -0.25) is 9.59 Å². The van der Waals surface area contributed by atoms with E-state index in [9.17, 15) is 9.59 Å². The van der Waals surface area contributed by atoms with Crippen LogP contribution in [0.1, 0.15) is 16.8 Å². The Morgan fingerprint density at radius 3 is 2.53 bits per heavy atom. The van der Waals surface area contributed by atoms with E-state index in [0.29, 0.717) is 17.0 Å². The molecule has 6 nitrogen and oxygen atoms in total. The molecule has 0 aliphatic rings. The van der Waals surface area contributed by atoms with Gasteiger partial charge in [0.15, 0.2) is 0 Å². The number of hydrogen-bond acceptors (Lipinski definition) is 5. The maximum atomic E-state index is 12.1. The summed E-state index contributed by atoms with van der Waals surface area (Å²) < 4.78 is 9.58. The van der Waals surface area contributed by atoms with Gasteiger partial charge < -0.3 is 20.1 Å². The van der Waals surface area contributed by atoms with Gasteiger partial charge in [0.2, 0.25) is 0 Å². The number of hydrogen-bond donors (Lipinski definition) is 1. The molecule has 0 bridgehead atoms. The van der Waals surface area contributed by atoms with Crippen molar-refractivity contribution < 1.29 is 19.1 Å². The highest BCUT2D eigenvalue weighted by Crippen LogP contribution is 2.19. The van der Waals surface area contributed by atoms with Gasteiger partial charge in [-0.1, -0.05) is 0 Å². The molecule has 0 saturated carbocycles. The zero-order valence-corrected chi connectivity index (χ0v) is 11.3. The Hall–Kier alpha value is -2.24. The summed E-state index contributed by atoms with van der Waals surface area (Å²) in [6.07, 6.45) is 0.151. The van der Waals surface area contributed by atoms with E-state index >= 15 is 0 Å². The fraction of sp³-hybridized carbons (Fsp3) is 0.385. The van der Waals surface area contributed by atoms with Crippen molar-refractivity contribution in [2.24, 2.45) is 0 Å². The molecule has 6 heteroatoms. The minimum atomic E-state index is -0.357. The number of methoxy groups -OCH3 is 2. The molecule has 104 valence electrons. The number of ether oxygens (including phenoxy) is 2. The van der Waals surface area contributed by atoms with Crippen molar-refractivity contribution in [1.29, 1.82) is 0 Å². The van der Waals surface area contributed by atoms with E-state index in [-0.39, 0.29) is 24.8 Å². The van der Waals surface area contributed by atoms with E-state index in [1.165, 1.54) is 19.1 Å². The Morgan fingerprint density at radius 2 is 1.95 bits per heavy atom. The maximum absolute atomic E-state index is 12.1. The van der Waals surface area contributed by atoms with Crippen LogP contribution in [0.3, 0.4) is 0 Å². The van der Waals surface area contributed by atoms with Crippen molar-refractivity contribution in [3.63, 3.8) is 0 Å². The van der Waals surface area contributed by atoms with Crippen molar-refractivity contribution in [1.82, 2.24) is 4.90 Å². The molecule has 0 saturated heterocycles. The first-order valence-corrected chi connectivity index (χ1v) is 5.74. The van der Waals surface area contributed by atoms with Gasteiger partial charge >= 0.3 is 5.97 Å². The number of amides is 1. The molecular weight excluding hydrogens is 248 g/mol. The molecule has 1 rings (SSSR count). The molecule has 2 N–H and O–H groups in total. The van der Waals surface area contributed by atoms with Crippen molar-refractivity contribution in [2.45, 2.75) is 6.42 Å². The van der Waals surface area contributed by atoms with E-state index in [4.69, 9.17) is 10.5 Å². The molecule has 0 unspecified atom stereocenters. The molecule has 1 aromatic carbocycles. The lowest BCUT2D eigenvalue weighted by atomic mass is 10.1. The lowest BCUT2D eigenvalue weighted by Crippen LogP contribution is -2.29. The van der Waals surface area contributed by atoms with Crippen LogP contribution in [0, 0.1) is 0 Å². The van der Waals surface area contributed by atoms with Gasteiger partial charge in [-0.05, 0) is 12.1 Å². The van der Waals surface area contributed by atoms with E-state index in [0.717, 1.165) is 0 Å². The second kappa shape index (κ2) is 6.63. The highest BCUT2D eigenvalue weighted by Gasteiger charge is 2.14. The lowest BCUT2D eigenvalue weighted by Gasteiger charge is -2.17. The van der Waals surface area contributed by atoms with Crippen LogP contribution in [-0.2, 0) is 9.53 Å². The molecule has 0 aromatic heterocycles. The van der Waals surface area contributed by atoms with E-state index in [1.54, 1.807) is 25.2 Å². The van der Waals surface area contributed by atoms with Gasteiger partial charge in [0.05, 0.1) is 20.6 Å². The summed E-state index contributed by atoms with van der Waals surface area (Å²) in [6.45, 7) is 0.280. The summed E-state index contributed by atoms with van der Waals surface area (Å²) in [5.74, 6) is -0.0657. The van der Waals surface area contributed by atoms with Gasteiger partial charge in [-0.2, -0.15) is 0 Å². The minimum absolute atomic E-state index is 0.151. The number of esters is 1. The van der Waals surface area contributed by atoms with Gasteiger partial charge in [-0.15, -0.1) is 0 Å². The lowest BCUT2D eigenvalue weighted by molar-refractivity contribution is -0.140. The topological polar surface area (TPSA) is 81.9 Å². The molecule has 0 heterocycles. The van der Waals surface area contributed by atoms with Crippen LogP contribution in [0.25, 0.3) is 0 Å². The largest absolute Gasteiger partial charge is 0.497 e. The van der Waals surface area contributed by atoms with Crippen molar-refractivity contribution >= 4 is 17.6 Å². The number of nitrogens with two attached hydrogens (primary N) is 1. The Morgan fingerprint density at radius 1 is 1.26 bits per heavy atom. The number of carbonyl (C=O) groups excluding carboxylic acids is 2. The fourth-order valence-electron chi connectivity index (χ4n) is 1.55. The molecule has 1 amide bonds. The van der Waals surface area contributed by atoms with Gasteiger partial charge in [-0.25, -0.2) is 0 Å². The molecule has 0 spiro atoms. The predicted molar refractivity (Wildman–Crippen MR) is 71.0 cm³/mol. The first-order valence-electron chi connectivity index (χ1n) is 5.74. The summed E-state index contributed by atoms with van der Waals surface area (Å²) >= 11 is 0. The summed E-state index contributed by atoms with van der Waals surface area (Å²) in [5, 5.41) is 0. The van der Waals surface area contributed by atoms with E-state index in [1.807, 2.05) is 0 Å². The Balaban J connectivity index is 2.76. The smallest absolute Gasteiger partial charge is 0.307 e. The molecule has 0 aliphatic carbocycles. The van der Waals surface area contributed by atoms with Crippen LogP contribution in [-0.4, -0.2) is 44.6 Å². The molecule has 19 heavy (non-hydrogen) atoms. The predicted octanol–water partition coefficient (Wildman–Crippen LogP) is 0.912. The fourth-order valence-corrected chi connectivity index (χ4v) is 1.55. The number of nitrogens with zero attached hydrogens (tertiary/aromatic N) is 1. The maximum Gasteiger partial charge on any atom is 0.307 e. The van der Waals surface area contributed by atoms with Crippen molar-refractivity contribution in [3.05, 3.63) is 23.8 Å². The number of carbonyl (C=O) groups is 2. The average molecular weight is 266 g/mol. The highest BCUT2D eigenvalue weighted by atomic mass is 16.5. The monoisotopic (exact) mass is 266 g/mol. The summed E-state index contributed by atoms with van der Waals surface area (Å²) in [5.41, 5.74) is 6.56. The summed E-state index contributed by atoms with van der Waals surface area (Å²) in [4.78, 5) is 24.6. The Labute approximate surface area is 112 Å². The second-order valence-electron chi connectivity index (χ2n) is 4.05. The van der Waals surface area contributed by atoms with Gasteiger partial charge in [0, 0.05) is 30.9 Å². The normalized spacial score (nSPS) is 9.84. The van der Waals surface area contributed by atoms with Crippen LogP contribution < -0.4 is 10.5 Å². The van der Waals surface area contributed by atoms with Gasteiger partial charge in [0.25, 0.3) is 5.91 Å². The SMILES string of the molecule is COC(=O)CCN(C)C(=O)c1cc(N)cc(OC)c1. The second-order valence-corrected chi connectivity index (χ2v) is 4.05. The number of benzene rings is 1. The van der Waals surface area contributed by atoms with Crippen LogP contribution in [0.15, 0.2) is 18.2 Å². The first-order chi connectivity index (χ1) is 8.97. The number of nitrogen functional groups attached to an aromatic ring is 1. The van der Waals surface area contributed by atoms with E-state index in [2.05, 4.69) is 4.74 Å². The average Bonchev–Trinajstić information content (AvgIpc) is 2.42. The standard InChI is InChI=1S/C13H18N2O4/c1-15(5-4-12(16)19-3)13(17)9-6-10(14)8-11(7-9)18-2/h6-8H,4-5,14H2,1-3H3. The summed E-state index contributed by atoms with van der Waals surface area (Å²) in [6, 6.07) is 4.80. The quantitative estimate of drug-likeness (QED) is 0.633. The third-order valence-corrected chi connectivity index (χ3v) is 2.64. The van der Waals surface area contributed by atoms with Crippen molar-refractivity contribution in [2.75, 3.05) is 33.5 Å². The van der Waals surface area contributed by atoms with Crippen molar-refractivity contribution in [3.8, 4) is 5.75 Å². The number of anilines is 1. The third kappa shape index (κ3) is 4.17. The summed E-state index contributed by atoms with van der Waals surface area (Å²) in [7, 11) is 4.43. The van der Waals surface area contributed by atoms with Gasteiger partial charge in [0.1, 0.15) is 5.75 Å². The van der Waals surface area contributed by atoms with Crippen LogP contribution in [0.5, 0.6) is 5.75 Å². The molecular formula is C13H18N2O4.